The fourth-order valence-corrected chi connectivity index (χ4v) is 3.60. The van der Waals surface area contributed by atoms with Crippen molar-refractivity contribution < 1.29 is 22.9 Å². The number of ether oxygens (including phenoxy) is 1. The first-order chi connectivity index (χ1) is 10.2. The van der Waals surface area contributed by atoms with Crippen LogP contribution in [0.1, 0.15) is 18.9 Å². The Balaban J connectivity index is 2.34. The van der Waals surface area contributed by atoms with E-state index in [1.165, 1.54) is 25.1 Å². The fraction of sp³-hybridized carbons (Fsp3) is 0.462. The highest BCUT2D eigenvalue weighted by Gasteiger charge is 2.40. The number of nitro groups is 1. The van der Waals surface area contributed by atoms with Gasteiger partial charge in [-0.1, -0.05) is 6.07 Å². The van der Waals surface area contributed by atoms with Crippen LogP contribution in [0.2, 0.25) is 0 Å². The van der Waals surface area contributed by atoms with Gasteiger partial charge in [0.05, 0.1) is 21.8 Å². The molecule has 1 aliphatic rings. The maximum absolute atomic E-state index is 12.3. The highest BCUT2D eigenvalue weighted by molar-refractivity contribution is 7.90. The van der Waals surface area contributed by atoms with Crippen LogP contribution in [-0.2, 0) is 19.6 Å². The Morgan fingerprint density at radius 1 is 1.45 bits per heavy atom. The number of nitro benzene ring substituents is 1. The molecule has 120 valence electrons. The summed E-state index contributed by atoms with van der Waals surface area (Å²) in [6.07, 6.45) is 0.419. The Kier molecular flexibility index (Phi) is 4.21. The number of rotatable bonds is 4. The molecule has 1 aromatic carbocycles. The summed E-state index contributed by atoms with van der Waals surface area (Å²) in [7, 11) is -4.18. The molecule has 1 atom stereocenters. The molecule has 1 unspecified atom stereocenters. The zero-order chi connectivity index (χ0) is 16.5. The molecule has 1 aliphatic heterocycles. The van der Waals surface area contributed by atoms with Crippen LogP contribution in [0.15, 0.2) is 23.1 Å². The predicted octanol–water partition coefficient (Wildman–Crippen LogP) is 1.13. The smallest absolute Gasteiger partial charge is 0.273 e. The van der Waals surface area contributed by atoms with E-state index in [0.717, 1.165) is 0 Å². The SMILES string of the molecule is Cc1c([N+](=O)[O-])cccc1S(=O)(=O)NC(=O)C1(C)CCOC1. The highest BCUT2D eigenvalue weighted by Crippen LogP contribution is 2.29. The van der Waals surface area contributed by atoms with E-state index in [9.17, 15) is 23.3 Å². The van der Waals surface area contributed by atoms with E-state index in [2.05, 4.69) is 0 Å². The molecule has 0 aliphatic carbocycles. The van der Waals surface area contributed by atoms with E-state index in [1.807, 2.05) is 4.72 Å². The van der Waals surface area contributed by atoms with Gasteiger partial charge in [-0.05, 0) is 26.3 Å². The number of carbonyl (C=O) groups is 1. The van der Waals surface area contributed by atoms with Crippen LogP contribution < -0.4 is 4.72 Å². The first-order valence-corrected chi connectivity index (χ1v) is 8.05. The molecule has 1 N–H and O–H groups in total. The Bertz CT molecular complexity index is 722. The minimum Gasteiger partial charge on any atom is -0.380 e. The number of hydrogen-bond donors (Lipinski definition) is 1. The number of nitrogens with one attached hydrogen (secondary N) is 1. The minimum absolute atomic E-state index is 0.0133. The Morgan fingerprint density at radius 3 is 2.68 bits per heavy atom. The van der Waals surface area contributed by atoms with Gasteiger partial charge < -0.3 is 4.74 Å². The molecule has 0 spiro atoms. The van der Waals surface area contributed by atoms with Crippen LogP contribution in [0, 0.1) is 22.5 Å². The standard InChI is InChI=1S/C13H16N2O6S/c1-9-10(15(17)18)4-3-5-11(9)22(19,20)14-12(16)13(2)6-7-21-8-13/h3-5H,6-8H2,1-2H3,(H,14,16). The highest BCUT2D eigenvalue weighted by atomic mass is 32.2. The Hall–Kier alpha value is -2.00. The van der Waals surface area contributed by atoms with E-state index >= 15 is 0 Å². The summed E-state index contributed by atoms with van der Waals surface area (Å²) >= 11 is 0. The van der Waals surface area contributed by atoms with Gasteiger partial charge in [0, 0.05) is 18.2 Å². The van der Waals surface area contributed by atoms with Gasteiger partial charge in [0.2, 0.25) is 5.91 Å². The van der Waals surface area contributed by atoms with E-state index in [-0.39, 0.29) is 22.8 Å². The number of benzene rings is 1. The zero-order valence-corrected chi connectivity index (χ0v) is 13.0. The lowest BCUT2D eigenvalue weighted by molar-refractivity contribution is -0.385. The van der Waals surface area contributed by atoms with Crippen molar-refractivity contribution in [2.75, 3.05) is 13.2 Å². The van der Waals surface area contributed by atoms with E-state index in [1.54, 1.807) is 6.92 Å². The van der Waals surface area contributed by atoms with Crippen LogP contribution in [-0.4, -0.2) is 32.5 Å². The summed E-state index contributed by atoms with van der Waals surface area (Å²) in [4.78, 5) is 22.1. The lowest BCUT2D eigenvalue weighted by atomic mass is 9.89. The molecule has 1 heterocycles. The van der Waals surface area contributed by atoms with Gasteiger partial charge in [-0.25, -0.2) is 13.1 Å². The van der Waals surface area contributed by atoms with Gasteiger partial charge in [-0.15, -0.1) is 0 Å². The normalized spacial score (nSPS) is 21.5. The second kappa shape index (κ2) is 5.65. The average molecular weight is 328 g/mol. The molecular weight excluding hydrogens is 312 g/mol. The van der Waals surface area contributed by atoms with Gasteiger partial charge in [-0.3, -0.25) is 14.9 Å². The summed E-state index contributed by atoms with van der Waals surface area (Å²) in [6.45, 7) is 3.48. The number of carbonyl (C=O) groups excluding carboxylic acids is 1. The van der Waals surface area contributed by atoms with Gasteiger partial charge in [0.15, 0.2) is 0 Å². The largest absolute Gasteiger partial charge is 0.380 e. The zero-order valence-electron chi connectivity index (χ0n) is 12.2. The minimum atomic E-state index is -4.18. The molecule has 0 aromatic heterocycles. The van der Waals surface area contributed by atoms with Crippen molar-refractivity contribution in [1.29, 1.82) is 0 Å². The van der Waals surface area contributed by atoms with Gasteiger partial charge in [0.25, 0.3) is 15.7 Å². The third-order valence-electron chi connectivity index (χ3n) is 3.74. The number of sulfonamides is 1. The lowest BCUT2D eigenvalue weighted by Gasteiger charge is -2.20. The van der Waals surface area contributed by atoms with Crippen LogP contribution >= 0.6 is 0 Å². The summed E-state index contributed by atoms with van der Waals surface area (Å²) < 4.78 is 31.8. The molecule has 1 aromatic rings. The summed E-state index contributed by atoms with van der Waals surface area (Å²) in [5.74, 6) is -0.670. The second-order valence-corrected chi connectivity index (χ2v) is 7.11. The fourth-order valence-electron chi connectivity index (χ4n) is 2.24. The molecular formula is C13H16N2O6S. The molecule has 0 bridgehead atoms. The quantitative estimate of drug-likeness (QED) is 0.654. The van der Waals surface area contributed by atoms with Crippen LogP contribution in [0.4, 0.5) is 5.69 Å². The van der Waals surface area contributed by atoms with Gasteiger partial charge in [-0.2, -0.15) is 0 Å². The summed E-state index contributed by atoms with van der Waals surface area (Å²) in [6, 6.07) is 3.71. The molecule has 22 heavy (non-hydrogen) atoms. The number of hydrogen-bond acceptors (Lipinski definition) is 6. The third kappa shape index (κ3) is 2.95. The van der Waals surface area contributed by atoms with Crippen molar-refractivity contribution in [2.24, 2.45) is 5.41 Å². The van der Waals surface area contributed by atoms with Crippen LogP contribution in [0.3, 0.4) is 0 Å². The lowest BCUT2D eigenvalue weighted by Crippen LogP contribution is -2.42. The maximum Gasteiger partial charge on any atom is 0.273 e. The van der Waals surface area contributed by atoms with E-state index < -0.39 is 26.3 Å². The molecule has 8 nitrogen and oxygen atoms in total. The first kappa shape index (κ1) is 16.4. The molecule has 9 heteroatoms. The van der Waals surface area contributed by atoms with Crippen molar-refractivity contribution in [3.8, 4) is 0 Å². The monoisotopic (exact) mass is 328 g/mol. The topological polar surface area (TPSA) is 116 Å². The third-order valence-corrected chi connectivity index (χ3v) is 5.21. The molecule has 1 saturated heterocycles. The number of nitrogens with zero attached hydrogens (tertiary/aromatic N) is 1. The van der Waals surface area contributed by atoms with E-state index in [0.29, 0.717) is 13.0 Å². The summed E-state index contributed by atoms with van der Waals surface area (Å²) in [5.41, 5.74) is -1.24. The molecule has 1 fully saturated rings. The molecule has 1 amide bonds. The van der Waals surface area contributed by atoms with Gasteiger partial charge >= 0.3 is 0 Å². The average Bonchev–Trinajstić information content (AvgIpc) is 2.86. The molecule has 0 saturated carbocycles. The predicted molar refractivity (Wildman–Crippen MR) is 76.7 cm³/mol. The Labute approximate surface area is 127 Å². The van der Waals surface area contributed by atoms with Crippen molar-refractivity contribution in [3.63, 3.8) is 0 Å². The molecule has 0 radical (unpaired) electrons. The van der Waals surface area contributed by atoms with Gasteiger partial charge in [0.1, 0.15) is 0 Å². The van der Waals surface area contributed by atoms with Crippen molar-refractivity contribution >= 4 is 21.6 Å². The summed E-state index contributed by atoms with van der Waals surface area (Å²) in [5, 5.41) is 10.9. The van der Waals surface area contributed by atoms with Crippen molar-refractivity contribution in [1.82, 2.24) is 4.72 Å². The number of amides is 1. The second-order valence-electron chi connectivity index (χ2n) is 5.46. The first-order valence-electron chi connectivity index (χ1n) is 6.56. The Morgan fingerprint density at radius 2 is 2.14 bits per heavy atom. The van der Waals surface area contributed by atoms with Crippen molar-refractivity contribution in [3.05, 3.63) is 33.9 Å². The van der Waals surface area contributed by atoms with Crippen molar-refractivity contribution in [2.45, 2.75) is 25.2 Å². The van der Waals surface area contributed by atoms with Crippen LogP contribution in [0.25, 0.3) is 0 Å². The van der Waals surface area contributed by atoms with Crippen LogP contribution in [0.5, 0.6) is 0 Å². The molecule has 2 rings (SSSR count). The maximum atomic E-state index is 12.3. The van der Waals surface area contributed by atoms with E-state index in [4.69, 9.17) is 4.74 Å².